The van der Waals surface area contributed by atoms with E-state index in [1.807, 2.05) is 11.4 Å². The number of hydrogen-bond acceptors (Lipinski definition) is 6. The molecule has 0 saturated carbocycles. The number of urea groups is 1. The number of nitriles is 1. The summed E-state index contributed by atoms with van der Waals surface area (Å²) >= 11 is 0. The molecule has 0 aliphatic heterocycles. The molecular weight excluding hydrogens is 340 g/mol. The van der Waals surface area contributed by atoms with E-state index in [1.54, 1.807) is 42.9 Å². The zero-order chi connectivity index (χ0) is 19.3. The predicted octanol–water partition coefficient (Wildman–Crippen LogP) is 1.64. The van der Waals surface area contributed by atoms with E-state index in [4.69, 9.17) is 9.15 Å². The number of furan rings is 1. The lowest BCUT2D eigenvalue weighted by Crippen LogP contribution is -2.44. The smallest absolute Gasteiger partial charge is 0.343 e. The second-order valence-corrected chi connectivity index (χ2v) is 5.67. The maximum absolute atomic E-state index is 12.3. The van der Waals surface area contributed by atoms with Gasteiger partial charge in [0.05, 0.1) is 0 Å². The van der Waals surface area contributed by atoms with E-state index in [-0.39, 0.29) is 28.8 Å². The lowest BCUT2D eigenvalue weighted by molar-refractivity contribution is -0.123. The topological polar surface area (TPSA) is 126 Å². The summed E-state index contributed by atoms with van der Waals surface area (Å²) in [6.45, 7) is 4.31. The molecule has 0 spiro atoms. The number of aryl methyl sites for hydroxylation is 1. The molecule has 9 nitrogen and oxygen atoms in total. The molecule has 2 heterocycles. The number of nitrogens with one attached hydrogen (secondary N) is 2. The molecule has 0 bridgehead atoms. The van der Waals surface area contributed by atoms with Crippen LogP contribution in [0.3, 0.4) is 0 Å². The maximum Gasteiger partial charge on any atom is 0.343 e. The number of aromatic nitrogens is 1. The Morgan fingerprint density at radius 1 is 1.31 bits per heavy atom. The average molecular weight is 358 g/mol. The van der Waals surface area contributed by atoms with Crippen molar-refractivity contribution in [3.05, 3.63) is 41.4 Å². The van der Waals surface area contributed by atoms with Crippen LogP contribution in [0.25, 0.3) is 5.88 Å². The fraction of sp³-hybridized carbons (Fsp3) is 0.294. The van der Waals surface area contributed by atoms with Crippen molar-refractivity contribution in [2.75, 3.05) is 6.61 Å². The van der Waals surface area contributed by atoms with Crippen molar-refractivity contribution in [2.24, 2.45) is 0 Å². The quantitative estimate of drug-likeness (QED) is 0.783. The third kappa shape index (κ3) is 4.30. The molecule has 0 aliphatic rings. The van der Waals surface area contributed by atoms with E-state index in [0.29, 0.717) is 0 Å². The van der Waals surface area contributed by atoms with E-state index >= 15 is 0 Å². The standard InChI is InChI=1S/C17H18N4O5/c1-10(2)19-17(24)20-13(22)9-25-16(23)14-11(3)26-15(12(14)8-18)21-6-4-5-7-21/h4-7,10H,9H2,1-3H3,(H2,19,20,22,24). The third-order valence-electron chi connectivity index (χ3n) is 3.23. The zero-order valence-corrected chi connectivity index (χ0v) is 14.5. The van der Waals surface area contributed by atoms with Crippen molar-refractivity contribution < 1.29 is 23.5 Å². The molecule has 0 aliphatic carbocycles. The van der Waals surface area contributed by atoms with Gasteiger partial charge in [-0.15, -0.1) is 0 Å². The van der Waals surface area contributed by atoms with Crippen LogP contribution in [0, 0.1) is 18.3 Å². The molecule has 0 aromatic carbocycles. The van der Waals surface area contributed by atoms with Gasteiger partial charge in [-0.2, -0.15) is 5.26 Å². The minimum absolute atomic E-state index is 0.00154. The number of rotatable bonds is 5. The predicted molar refractivity (Wildman–Crippen MR) is 89.6 cm³/mol. The number of ether oxygens (including phenoxy) is 1. The van der Waals surface area contributed by atoms with Crippen LogP contribution < -0.4 is 10.6 Å². The lowest BCUT2D eigenvalue weighted by atomic mass is 10.1. The highest BCUT2D eigenvalue weighted by molar-refractivity contribution is 5.98. The summed E-state index contributed by atoms with van der Waals surface area (Å²) in [6, 6.07) is 4.56. The van der Waals surface area contributed by atoms with Gasteiger partial charge in [0.25, 0.3) is 5.91 Å². The second kappa shape index (κ2) is 8.02. The zero-order valence-electron chi connectivity index (χ0n) is 14.5. The van der Waals surface area contributed by atoms with Crippen molar-refractivity contribution in [3.63, 3.8) is 0 Å². The highest BCUT2D eigenvalue weighted by Crippen LogP contribution is 2.26. The minimum Gasteiger partial charge on any atom is -0.452 e. The van der Waals surface area contributed by atoms with Gasteiger partial charge >= 0.3 is 12.0 Å². The normalized spacial score (nSPS) is 10.3. The Hall–Kier alpha value is -3.54. The highest BCUT2D eigenvalue weighted by Gasteiger charge is 2.26. The van der Waals surface area contributed by atoms with Crippen LogP contribution in [0.2, 0.25) is 0 Å². The van der Waals surface area contributed by atoms with Crippen LogP contribution in [0.1, 0.15) is 35.5 Å². The Morgan fingerprint density at radius 2 is 1.96 bits per heavy atom. The van der Waals surface area contributed by atoms with Gasteiger partial charge in [0.15, 0.2) is 6.61 Å². The Kier molecular flexibility index (Phi) is 5.80. The van der Waals surface area contributed by atoms with Gasteiger partial charge in [0, 0.05) is 18.4 Å². The molecule has 2 N–H and O–H groups in total. The Bertz CT molecular complexity index is 859. The average Bonchev–Trinajstić information content (AvgIpc) is 3.18. The molecule has 2 rings (SSSR count). The van der Waals surface area contributed by atoms with Crippen LogP contribution in [-0.4, -0.2) is 35.1 Å². The van der Waals surface area contributed by atoms with Gasteiger partial charge in [-0.1, -0.05) is 0 Å². The summed E-state index contributed by atoms with van der Waals surface area (Å²) in [5.41, 5.74) is -0.0581. The molecule has 2 aromatic heterocycles. The fourth-order valence-corrected chi connectivity index (χ4v) is 2.20. The first-order chi connectivity index (χ1) is 12.3. The van der Waals surface area contributed by atoms with Crippen LogP contribution in [0.4, 0.5) is 4.79 Å². The molecule has 0 radical (unpaired) electrons. The number of carbonyl (C=O) groups excluding carboxylic acids is 3. The summed E-state index contributed by atoms with van der Waals surface area (Å²) in [4.78, 5) is 35.4. The first-order valence-corrected chi connectivity index (χ1v) is 7.77. The summed E-state index contributed by atoms with van der Waals surface area (Å²) in [5.74, 6) is -1.31. The largest absolute Gasteiger partial charge is 0.452 e. The molecule has 0 unspecified atom stereocenters. The van der Waals surface area contributed by atoms with Crippen molar-refractivity contribution in [1.29, 1.82) is 5.26 Å². The van der Waals surface area contributed by atoms with Gasteiger partial charge in [0.2, 0.25) is 5.88 Å². The van der Waals surface area contributed by atoms with Crippen molar-refractivity contribution in [3.8, 4) is 12.0 Å². The molecule has 9 heteroatoms. The van der Waals surface area contributed by atoms with E-state index in [0.717, 1.165) is 0 Å². The van der Waals surface area contributed by atoms with E-state index < -0.39 is 24.5 Å². The minimum atomic E-state index is -0.888. The SMILES string of the molecule is Cc1oc(-n2cccc2)c(C#N)c1C(=O)OCC(=O)NC(=O)NC(C)C. The van der Waals surface area contributed by atoms with Crippen molar-refractivity contribution in [2.45, 2.75) is 26.8 Å². The summed E-state index contributed by atoms with van der Waals surface area (Å²) in [6.07, 6.45) is 3.32. The molecule has 0 fully saturated rings. The molecule has 0 atom stereocenters. The highest BCUT2D eigenvalue weighted by atomic mass is 16.5. The van der Waals surface area contributed by atoms with Gasteiger partial charge in [-0.3, -0.25) is 14.7 Å². The Labute approximate surface area is 149 Å². The molecular formula is C17H18N4O5. The number of esters is 1. The van der Waals surface area contributed by atoms with Gasteiger partial charge in [-0.25, -0.2) is 9.59 Å². The van der Waals surface area contributed by atoms with Crippen LogP contribution in [0.5, 0.6) is 0 Å². The van der Waals surface area contributed by atoms with E-state index in [1.165, 1.54) is 6.92 Å². The maximum atomic E-state index is 12.3. The Balaban J connectivity index is 2.07. The molecule has 3 amide bonds. The van der Waals surface area contributed by atoms with E-state index in [9.17, 15) is 19.6 Å². The molecule has 136 valence electrons. The molecule has 0 saturated heterocycles. The van der Waals surface area contributed by atoms with E-state index in [2.05, 4.69) is 5.32 Å². The summed E-state index contributed by atoms with van der Waals surface area (Å²) < 4.78 is 11.9. The Morgan fingerprint density at radius 3 is 2.54 bits per heavy atom. The van der Waals surface area contributed by atoms with Crippen LogP contribution in [0.15, 0.2) is 28.9 Å². The summed E-state index contributed by atoms with van der Waals surface area (Å²) in [7, 11) is 0. The van der Waals surface area contributed by atoms with Crippen LogP contribution >= 0.6 is 0 Å². The van der Waals surface area contributed by atoms with Gasteiger partial charge in [-0.05, 0) is 32.9 Å². The molecule has 26 heavy (non-hydrogen) atoms. The first-order valence-electron chi connectivity index (χ1n) is 7.77. The number of carbonyl (C=O) groups is 3. The van der Waals surface area contributed by atoms with Gasteiger partial charge in [0.1, 0.15) is 23.0 Å². The number of imide groups is 1. The monoisotopic (exact) mass is 358 g/mol. The fourth-order valence-electron chi connectivity index (χ4n) is 2.20. The second-order valence-electron chi connectivity index (χ2n) is 5.67. The lowest BCUT2D eigenvalue weighted by Gasteiger charge is -2.09. The first kappa shape index (κ1) is 18.8. The molecule has 2 aromatic rings. The van der Waals surface area contributed by atoms with Crippen molar-refractivity contribution >= 4 is 17.9 Å². The number of amides is 3. The number of hydrogen-bond donors (Lipinski definition) is 2. The van der Waals surface area contributed by atoms with Crippen molar-refractivity contribution in [1.82, 2.24) is 15.2 Å². The van der Waals surface area contributed by atoms with Gasteiger partial charge < -0.3 is 14.5 Å². The number of nitrogens with zero attached hydrogens (tertiary/aromatic N) is 2. The summed E-state index contributed by atoms with van der Waals surface area (Å²) in [5, 5.41) is 13.9. The van der Waals surface area contributed by atoms with Crippen LogP contribution in [-0.2, 0) is 9.53 Å². The third-order valence-corrected chi connectivity index (χ3v) is 3.23.